The Kier molecular flexibility index (Phi) is 5.25. The second-order valence-electron chi connectivity index (χ2n) is 3.95. The second kappa shape index (κ2) is 6.24. The molecule has 0 saturated carbocycles. The summed E-state index contributed by atoms with van der Waals surface area (Å²) in [4.78, 5) is 11.6. The van der Waals surface area contributed by atoms with Crippen molar-refractivity contribution in [2.75, 3.05) is 20.2 Å². The lowest BCUT2D eigenvalue weighted by molar-refractivity contribution is -0.145. The Morgan fingerprint density at radius 1 is 1.35 bits per heavy atom. The number of hydrogen-bond acceptors (Lipinski definition) is 3. The smallest absolute Gasteiger partial charge is 0.310 e. The number of benzene rings is 1. The largest absolute Gasteiger partial charge is 0.469 e. The summed E-state index contributed by atoms with van der Waals surface area (Å²) in [5, 5.41) is 3.93. The third-order valence-corrected chi connectivity index (χ3v) is 3.27. The predicted molar refractivity (Wildman–Crippen MR) is 69.8 cm³/mol. The van der Waals surface area contributed by atoms with Gasteiger partial charge in [0.05, 0.1) is 13.0 Å². The Balaban J connectivity index is 0.00000144. The molecule has 2 atom stereocenters. The Bertz CT molecular complexity index is 381. The van der Waals surface area contributed by atoms with Crippen molar-refractivity contribution in [2.24, 2.45) is 5.92 Å². The third-order valence-electron chi connectivity index (χ3n) is 3.02. The highest BCUT2D eigenvalue weighted by molar-refractivity contribution is 6.30. The Hall–Kier alpha value is -0.770. The van der Waals surface area contributed by atoms with Crippen LogP contribution in [0.25, 0.3) is 0 Å². The Morgan fingerprint density at radius 3 is 2.59 bits per heavy atom. The van der Waals surface area contributed by atoms with E-state index in [2.05, 4.69) is 5.32 Å². The van der Waals surface area contributed by atoms with Crippen LogP contribution in [0.15, 0.2) is 24.3 Å². The molecular weight excluding hydrogens is 261 g/mol. The molecule has 2 rings (SSSR count). The topological polar surface area (TPSA) is 38.3 Å². The van der Waals surface area contributed by atoms with E-state index in [1.807, 2.05) is 24.3 Å². The van der Waals surface area contributed by atoms with Gasteiger partial charge in [-0.05, 0) is 17.7 Å². The van der Waals surface area contributed by atoms with Crippen molar-refractivity contribution in [3.05, 3.63) is 34.9 Å². The van der Waals surface area contributed by atoms with Gasteiger partial charge in [-0.15, -0.1) is 12.4 Å². The van der Waals surface area contributed by atoms with Crippen molar-refractivity contribution in [2.45, 2.75) is 5.92 Å². The second-order valence-corrected chi connectivity index (χ2v) is 4.38. The van der Waals surface area contributed by atoms with E-state index in [4.69, 9.17) is 16.3 Å². The standard InChI is InChI=1S/C12H14ClNO2.ClH/c1-16-12(15)11-7-14-6-10(11)8-2-4-9(13)5-3-8;/h2-5,10-11,14H,6-7H2,1H3;1H/t10-,11+;/m1./s1. The van der Waals surface area contributed by atoms with Gasteiger partial charge in [0, 0.05) is 24.0 Å². The third kappa shape index (κ3) is 3.12. The first kappa shape index (κ1) is 14.3. The summed E-state index contributed by atoms with van der Waals surface area (Å²) in [6.07, 6.45) is 0. The van der Waals surface area contributed by atoms with Crippen LogP contribution in [0.2, 0.25) is 5.02 Å². The molecule has 0 radical (unpaired) electrons. The van der Waals surface area contributed by atoms with Crippen molar-refractivity contribution in [1.29, 1.82) is 0 Å². The Labute approximate surface area is 112 Å². The Morgan fingerprint density at radius 2 is 2.00 bits per heavy atom. The first-order chi connectivity index (χ1) is 7.72. The molecule has 94 valence electrons. The molecule has 17 heavy (non-hydrogen) atoms. The van der Waals surface area contributed by atoms with Crippen LogP contribution >= 0.6 is 24.0 Å². The molecule has 1 aromatic rings. The van der Waals surface area contributed by atoms with Gasteiger partial charge in [0.25, 0.3) is 0 Å². The maximum atomic E-state index is 11.6. The lowest BCUT2D eigenvalue weighted by Gasteiger charge is -2.16. The summed E-state index contributed by atoms with van der Waals surface area (Å²) in [6.45, 7) is 1.49. The van der Waals surface area contributed by atoms with Crippen LogP contribution in [0.1, 0.15) is 11.5 Å². The van der Waals surface area contributed by atoms with Crippen LogP contribution in [-0.4, -0.2) is 26.2 Å². The molecule has 1 aromatic carbocycles. The van der Waals surface area contributed by atoms with Crippen molar-refractivity contribution in [3.8, 4) is 0 Å². The molecule has 1 aliphatic heterocycles. The molecule has 1 aliphatic rings. The molecule has 5 heteroatoms. The summed E-state index contributed by atoms with van der Waals surface area (Å²) in [7, 11) is 1.43. The molecule has 0 spiro atoms. The minimum absolute atomic E-state index is 0. The SMILES string of the molecule is COC(=O)[C@H]1CNC[C@@H]1c1ccc(Cl)cc1.Cl. The van der Waals surface area contributed by atoms with E-state index >= 15 is 0 Å². The van der Waals surface area contributed by atoms with E-state index in [1.165, 1.54) is 7.11 Å². The fourth-order valence-electron chi connectivity index (χ4n) is 2.14. The minimum atomic E-state index is -0.148. The van der Waals surface area contributed by atoms with Crippen LogP contribution in [0.3, 0.4) is 0 Å². The zero-order valence-electron chi connectivity index (χ0n) is 9.48. The van der Waals surface area contributed by atoms with Gasteiger partial charge in [0.1, 0.15) is 0 Å². The zero-order valence-corrected chi connectivity index (χ0v) is 11.1. The average Bonchev–Trinajstić information content (AvgIpc) is 2.78. The number of methoxy groups -OCH3 is 1. The van der Waals surface area contributed by atoms with E-state index in [1.54, 1.807) is 0 Å². The van der Waals surface area contributed by atoms with Gasteiger partial charge in [-0.2, -0.15) is 0 Å². The van der Waals surface area contributed by atoms with Crippen LogP contribution in [0.4, 0.5) is 0 Å². The van der Waals surface area contributed by atoms with Gasteiger partial charge in [-0.1, -0.05) is 23.7 Å². The van der Waals surface area contributed by atoms with E-state index in [0.717, 1.165) is 12.1 Å². The van der Waals surface area contributed by atoms with Gasteiger partial charge < -0.3 is 10.1 Å². The first-order valence-electron chi connectivity index (χ1n) is 5.26. The minimum Gasteiger partial charge on any atom is -0.469 e. The summed E-state index contributed by atoms with van der Waals surface area (Å²) in [6, 6.07) is 7.64. The maximum absolute atomic E-state index is 11.6. The lowest BCUT2D eigenvalue weighted by Crippen LogP contribution is -2.22. The molecule has 1 fully saturated rings. The number of esters is 1. The van der Waals surface area contributed by atoms with Crippen LogP contribution in [-0.2, 0) is 9.53 Å². The van der Waals surface area contributed by atoms with Gasteiger partial charge >= 0.3 is 5.97 Å². The fraction of sp³-hybridized carbons (Fsp3) is 0.417. The zero-order chi connectivity index (χ0) is 11.5. The highest BCUT2D eigenvalue weighted by Crippen LogP contribution is 2.29. The molecule has 1 N–H and O–H groups in total. The van der Waals surface area contributed by atoms with E-state index < -0.39 is 0 Å². The number of nitrogens with one attached hydrogen (secondary N) is 1. The molecule has 1 heterocycles. The molecule has 3 nitrogen and oxygen atoms in total. The van der Waals surface area contributed by atoms with Crippen molar-refractivity contribution >= 4 is 30.0 Å². The van der Waals surface area contributed by atoms with Crippen LogP contribution < -0.4 is 5.32 Å². The molecular formula is C12H15Cl2NO2. The monoisotopic (exact) mass is 275 g/mol. The number of carbonyl (C=O) groups excluding carboxylic acids is 1. The van der Waals surface area contributed by atoms with E-state index in [-0.39, 0.29) is 30.2 Å². The lowest BCUT2D eigenvalue weighted by atomic mass is 9.89. The van der Waals surface area contributed by atoms with E-state index in [9.17, 15) is 4.79 Å². The number of carbonyl (C=O) groups is 1. The van der Waals surface area contributed by atoms with Gasteiger partial charge in [0.2, 0.25) is 0 Å². The van der Waals surface area contributed by atoms with Crippen LogP contribution in [0.5, 0.6) is 0 Å². The van der Waals surface area contributed by atoms with Crippen molar-refractivity contribution in [1.82, 2.24) is 5.32 Å². The van der Waals surface area contributed by atoms with Crippen molar-refractivity contribution in [3.63, 3.8) is 0 Å². The molecule has 0 amide bonds. The fourth-order valence-corrected chi connectivity index (χ4v) is 2.26. The quantitative estimate of drug-likeness (QED) is 0.842. The summed E-state index contributed by atoms with van der Waals surface area (Å²) >= 11 is 5.84. The number of rotatable bonds is 2. The highest BCUT2D eigenvalue weighted by Gasteiger charge is 2.34. The predicted octanol–water partition coefficient (Wildman–Crippen LogP) is 2.24. The molecule has 0 aromatic heterocycles. The number of hydrogen-bond donors (Lipinski definition) is 1. The summed E-state index contributed by atoms with van der Waals surface area (Å²) < 4.78 is 4.80. The summed E-state index contributed by atoms with van der Waals surface area (Å²) in [5.74, 6) is -0.0548. The van der Waals surface area contributed by atoms with Gasteiger partial charge in [-0.25, -0.2) is 0 Å². The average molecular weight is 276 g/mol. The summed E-state index contributed by atoms with van der Waals surface area (Å²) in [5.41, 5.74) is 1.13. The van der Waals surface area contributed by atoms with Gasteiger partial charge in [-0.3, -0.25) is 4.79 Å². The van der Waals surface area contributed by atoms with Crippen molar-refractivity contribution < 1.29 is 9.53 Å². The molecule has 0 aliphatic carbocycles. The first-order valence-corrected chi connectivity index (χ1v) is 5.64. The van der Waals surface area contributed by atoms with Gasteiger partial charge in [0.15, 0.2) is 0 Å². The number of ether oxygens (including phenoxy) is 1. The van der Waals surface area contributed by atoms with Crippen LogP contribution in [0, 0.1) is 5.92 Å². The molecule has 0 unspecified atom stereocenters. The molecule has 1 saturated heterocycles. The highest BCUT2D eigenvalue weighted by atomic mass is 35.5. The van der Waals surface area contributed by atoms with E-state index in [0.29, 0.717) is 11.6 Å². The maximum Gasteiger partial charge on any atom is 0.310 e. The normalized spacial score (nSPS) is 22.9. The number of halogens is 2. The molecule has 0 bridgehead atoms.